The van der Waals surface area contributed by atoms with Gasteiger partial charge in [-0.25, -0.2) is 9.97 Å². The predicted molar refractivity (Wildman–Crippen MR) is 74.4 cm³/mol. The molecule has 0 fully saturated rings. The molecule has 0 unspecified atom stereocenters. The number of thiophene rings is 1. The van der Waals surface area contributed by atoms with E-state index in [0.717, 1.165) is 28.9 Å². The molecule has 2 N–H and O–H groups in total. The first-order chi connectivity index (χ1) is 7.89. The fourth-order valence-electron chi connectivity index (χ4n) is 1.77. The number of aryl methyl sites for hydroxylation is 1. The number of rotatable bonds is 2. The second-order valence-electron chi connectivity index (χ2n) is 5.55. The predicted octanol–water partition coefficient (Wildman–Crippen LogP) is 3.42. The van der Waals surface area contributed by atoms with E-state index >= 15 is 0 Å². The van der Waals surface area contributed by atoms with Crippen LogP contribution < -0.4 is 5.73 Å². The smallest absolute Gasteiger partial charge is 0.135 e. The SMILES string of the molecule is CCc1cc2c(N)nc(CC(C)(C)C)nc2s1. The molecule has 17 heavy (non-hydrogen) atoms. The molecule has 0 saturated carbocycles. The Morgan fingerprint density at radius 1 is 1.29 bits per heavy atom. The molecular formula is C13H19N3S. The van der Waals surface area contributed by atoms with Crippen molar-refractivity contribution >= 4 is 27.4 Å². The first-order valence-corrected chi connectivity index (χ1v) is 6.75. The summed E-state index contributed by atoms with van der Waals surface area (Å²) in [7, 11) is 0. The lowest BCUT2D eigenvalue weighted by Gasteiger charge is -2.16. The average Bonchev–Trinajstić information content (AvgIpc) is 2.58. The zero-order chi connectivity index (χ0) is 12.6. The van der Waals surface area contributed by atoms with Crippen molar-refractivity contribution in [1.29, 1.82) is 0 Å². The number of fused-ring (bicyclic) bond motifs is 1. The lowest BCUT2D eigenvalue weighted by Crippen LogP contribution is -2.12. The van der Waals surface area contributed by atoms with E-state index in [4.69, 9.17) is 5.73 Å². The summed E-state index contributed by atoms with van der Waals surface area (Å²) in [6.45, 7) is 8.69. The van der Waals surface area contributed by atoms with Crippen LogP contribution in [0.3, 0.4) is 0 Å². The molecule has 0 aliphatic carbocycles. The third kappa shape index (κ3) is 2.75. The van der Waals surface area contributed by atoms with Crippen LogP contribution in [0, 0.1) is 5.41 Å². The molecule has 4 heteroatoms. The zero-order valence-corrected chi connectivity index (χ0v) is 11.7. The molecule has 0 saturated heterocycles. The van der Waals surface area contributed by atoms with Gasteiger partial charge in [-0.15, -0.1) is 11.3 Å². The molecule has 0 bridgehead atoms. The fourth-order valence-corrected chi connectivity index (χ4v) is 2.76. The molecule has 2 rings (SSSR count). The van der Waals surface area contributed by atoms with Crippen LogP contribution in [0.4, 0.5) is 5.82 Å². The van der Waals surface area contributed by atoms with Crippen LogP contribution in [0.5, 0.6) is 0 Å². The molecule has 3 nitrogen and oxygen atoms in total. The Morgan fingerprint density at radius 2 is 2.00 bits per heavy atom. The van der Waals surface area contributed by atoms with Gasteiger partial charge in [0.1, 0.15) is 16.5 Å². The molecule has 0 aromatic carbocycles. The number of nitrogen functional groups attached to an aromatic ring is 1. The highest BCUT2D eigenvalue weighted by atomic mass is 32.1. The van der Waals surface area contributed by atoms with Crippen LogP contribution >= 0.6 is 11.3 Å². The van der Waals surface area contributed by atoms with E-state index in [0.29, 0.717) is 5.82 Å². The van der Waals surface area contributed by atoms with Crippen molar-refractivity contribution < 1.29 is 0 Å². The van der Waals surface area contributed by atoms with Crippen molar-refractivity contribution in [3.05, 3.63) is 16.8 Å². The van der Waals surface area contributed by atoms with Crippen molar-refractivity contribution in [3.8, 4) is 0 Å². The largest absolute Gasteiger partial charge is 0.383 e. The number of nitrogens with two attached hydrogens (primary N) is 1. The quantitative estimate of drug-likeness (QED) is 0.887. The highest BCUT2D eigenvalue weighted by Crippen LogP contribution is 2.29. The maximum atomic E-state index is 6.00. The standard InChI is InChI=1S/C13H19N3S/c1-5-8-6-9-11(14)15-10(7-13(2,3)4)16-12(9)17-8/h6H,5,7H2,1-4H3,(H2,14,15,16). The number of nitrogens with zero attached hydrogens (tertiary/aromatic N) is 2. The average molecular weight is 249 g/mol. The molecule has 0 spiro atoms. The minimum atomic E-state index is 0.185. The lowest BCUT2D eigenvalue weighted by molar-refractivity contribution is 0.401. The van der Waals surface area contributed by atoms with E-state index in [2.05, 4.69) is 43.7 Å². The van der Waals surface area contributed by atoms with Gasteiger partial charge in [-0.1, -0.05) is 27.7 Å². The number of hydrogen-bond donors (Lipinski definition) is 1. The van der Waals surface area contributed by atoms with Crippen LogP contribution in [0.25, 0.3) is 10.2 Å². The first-order valence-electron chi connectivity index (χ1n) is 5.94. The highest BCUT2D eigenvalue weighted by molar-refractivity contribution is 7.18. The van der Waals surface area contributed by atoms with Crippen LogP contribution in [-0.2, 0) is 12.8 Å². The van der Waals surface area contributed by atoms with Gasteiger partial charge in [-0.05, 0) is 17.9 Å². The Hall–Kier alpha value is -1.16. The zero-order valence-electron chi connectivity index (χ0n) is 10.9. The topological polar surface area (TPSA) is 51.8 Å². The number of hydrogen-bond acceptors (Lipinski definition) is 4. The van der Waals surface area contributed by atoms with Crippen molar-refractivity contribution in [3.63, 3.8) is 0 Å². The molecule has 0 amide bonds. The maximum Gasteiger partial charge on any atom is 0.135 e. The van der Waals surface area contributed by atoms with E-state index in [1.54, 1.807) is 11.3 Å². The van der Waals surface area contributed by atoms with Gasteiger partial charge in [-0.3, -0.25) is 0 Å². The Bertz CT molecular complexity index is 537. The second-order valence-corrected chi connectivity index (χ2v) is 6.66. The van der Waals surface area contributed by atoms with Crippen molar-refractivity contribution in [2.45, 2.75) is 40.5 Å². The number of anilines is 1. The molecule has 0 radical (unpaired) electrons. The molecular weight excluding hydrogens is 230 g/mol. The summed E-state index contributed by atoms with van der Waals surface area (Å²) < 4.78 is 0. The Balaban J connectivity index is 2.47. The summed E-state index contributed by atoms with van der Waals surface area (Å²) in [6.07, 6.45) is 1.88. The monoisotopic (exact) mass is 249 g/mol. The van der Waals surface area contributed by atoms with E-state index in [1.807, 2.05) is 0 Å². The van der Waals surface area contributed by atoms with Crippen LogP contribution in [0.15, 0.2) is 6.07 Å². The van der Waals surface area contributed by atoms with Crippen LogP contribution in [-0.4, -0.2) is 9.97 Å². The Labute approximate surface area is 106 Å². The fraction of sp³-hybridized carbons (Fsp3) is 0.538. The van der Waals surface area contributed by atoms with Gasteiger partial charge in [0, 0.05) is 11.3 Å². The molecule has 0 atom stereocenters. The Morgan fingerprint density at radius 3 is 2.59 bits per heavy atom. The highest BCUT2D eigenvalue weighted by Gasteiger charge is 2.16. The minimum Gasteiger partial charge on any atom is -0.383 e. The number of aromatic nitrogens is 2. The summed E-state index contributed by atoms with van der Waals surface area (Å²) in [6, 6.07) is 2.11. The van der Waals surface area contributed by atoms with Gasteiger partial charge in [0.15, 0.2) is 0 Å². The first kappa shape index (κ1) is 12.3. The lowest BCUT2D eigenvalue weighted by atomic mass is 9.92. The third-order valence-electron chi connectivity index (χ3n) is 2.56. The summed E-state index contributed by atoms with van der Waals surface area (Å²) >= 11 is 1.72. The molecule has 0 aliphatic heterocycles. The molecule has 2 aromatic heterocycles. The summed E-state index contributed by atoms with van der Waals surface area (Å²) in [5.41, 5.74) is 6.18. The van der Waals surface area contributed by atoms with E-state index in [-0.39, 0.29) is 5.41 Å². The van der Waals surface area contributed by atoms with Crippen molar-refractivity contribution in [2.75, 3.05) is 5.73 Å². The normalized spacial score (nSPS) is 12.2. The van der Waals surface area contributed by atoms with Gasteiger partial charge in [0.25, 0.3) is 0 Å². The van der Waals surface area contributed by atoms with Gasteiger partial charge >= 0.3 is 0 Å². The summed E-state index contributed by atoms with van der Waals surface area (Å²) in [5, 5.41) is 1.00. The molecule has 0 aliphatic rings. The molecule has 2 aromatic rings. The molecule has 92 valence electrons. The van der Waals surface area contributed by atoms with E-state index < -0.39 is 0 Å². The van der Waals surface area contributed by atoms with Crippen LogP contribution in [0.2, 0.25) is 0 Å². The van der Waals surface area contributed by atoms with Crippen molar-refractivity contribution in [2.24, 2.45) is 5.41 Å². The van der Waals surface area contributed by atoms with Gasteiger partial charge < -0.3 is 5.73 Å². The summed E-state index contributed by atoms with van der Waals surface area (Å²) in [5.74, 6) is 1.47. The van der Waals surface area contributed by atoms with E-state index in [9.17, 15) is 0 Å². The van der Waals surface area contributed by atoms with Gasteiger partial charge in [-0.2, -0.15) is 0 Å². The second kappa shape index (κ2) is 4.26. The van der Waals surface area contributed by atoms with Gasteiger partial charge in [0.05, 0.1) is 5.39 Å². The third-order valence-corrected chi connectivity index (χ3v) is 3.73. The van der Waals surface area contributed by atoms with Gasteiger partial charge in [0.2, 0.25) is 0 Å². The minimum absolute atomic E-state index is 0.185. The Kier molecular flexibility index (Phi) is 3.08. The van der Waals surface area contributed by atoms with Crippen LogP contribution in [0.1, 0.15) is 38.4 Å². The molecule has 2 heterocycles. The maximum absolute atomic E-state index is 6.00. The summed E-state index contributed by atoms with van der Waals surface area (Å²) in [4.78, 5) is 11.4. The van der Waals surface area contributed by atoms with E-state index in [1.165, 1.54) is 4.88 Å². The van der Waals surface area contributed by atoms with Crippen molar-refractivity contribution in [1.82, 2.24) is 9.97 Å².